The van der Waals surface area contributed by atoms with Crippen LogP contribution >= 0.6 is 0 Å². The van der Waals surface area contributed by atoms with Crippen molar-refractivity contribution in [2.75, 3.05) is 26.7 Å². The smallest absolute Gasteiger partial charge is 0.0295 e. The highest BCUT2D eigenvalue weighted by molar-refractivity contribution is 4.93. The van der Waals surface area contributed by atoms with Crippen molar-refractivity contribution < 1.29 is 0 Å². The molecule has 2 atom stereocenters. The molecule has 66 valence electrons. The molecule has 4 N–H and O–H groups in total. The normalized spacial score (nSPS) is 40.9. The largest absolute Gasteiger partial charge is 0.330 e. The standard InChI is InChI=1S/C8H19N3/c1-8(10)6-11(2)4-3-7(8)5-9/h7H,3-6,9-10H2,1-2H3. The number of rotatable bonds is 1. The van der Waals surface area contributed by atoms with Crippen LogP contribution in [0.4, 0.5) is 0 Å². The lowest BCUT2D eigenvalue weighted by Crippen LogP contribution is -2.58. The fourth-order valence-corrected chi connectivity index (χ4v) is 1.88. The number of nitrogens with two attached hydrogens (primary N) is 2. The number of hydrogen-bond donors (Lipinski definition) is 2. The van der Waals surface area contributed by atoms with Gasteiger partial charge in [0.25, 0.3) is 0 Å². The van der Waals surface area contributed by atoms with Gasteiger partial charge in [-0.25, -0.2) is 0 Å². The molecule has 0 aromatic carbocycles. The van der Waals surface area contributed by atoms with Crippen LogP contribution in [-0.2, 0) is 0 Å². The van der Waals surface area contributed by atoms with Crippen LogP contribution < -0.4 is 11.5 Å². The number of nitrogens with zero attached hydrogens (tertiary/aromatic N) is 1. The zero-order valence-corrected chi connectivity index (χ0v) is 7.51. The van der Waals surface area contributed by atoms with Gasteiger partial charge in [-0.3, -0.25) is 0 Å². The molecule has 1 aliphatic heterocycles. The third-order valence-electron chi connectivity index (χ3n) is 2.69. The molecule has 0 spiro atoms. The van der Waals surface area contributed by atoms with Gasteiger partial charge < -0.3 is 16.4 Å². The Labute approximate surface area is 68.7 Å². The van der Waals surface area contributed by atoms with Gasteiger partial charge in [-0.15, -0.1) is 0 Å². The van der Waals surface area contributed by atoms with E-state index in [0.717, 1.165) is 26.1 Å². The maximum absolute atomic E-state index is 6.10. The summed E-state index contributed by atoms with van der Waals surface area (Å²) in [5, 5.41) is 0. The van der Waals surface area contributed by atoms with E-state index in [1.165, 1.54) is 0 Å². The minimum absolute atomic E-state index is 0.0816. The van der Waals surface area contributed by atoms with Gasteiger partial charge in [0.05, 0.1) is 0 Å². The molecule has 1 saturated heterocycles. The molecule has 0 aliphatic carbocycles. The summed E-state index contributed by atoms with van der Waals surface area (Å²) in [7, 11) is 2.11. The maximum Gasteiger partial charge on any atom is 0.0295 e. The molecule has 0 saturated carbocycles. The average Bonchev–Trinajstić information content (AvgIpc) is 1.85. The number of hydrogen-bond acceptors (Lipinski definition) is 3. The minimum Gasteiger partial charge on any atom is -0.330 e. The monoisotopic (exact) mass is 157 g/mol. The first-order valence-electron chi connectivity index (χ1n) is 4.24. The van der Waals surface area contributed by atoms with Gasteiger partial charge in [-0.1, -0.05) is 0 Å². The number of likely N-dealkylation sites (tertiary alicyclic amines) is 1. The maximum atomic E-state index is 6.10. The van der Waals surface area contributed by atoms with Crippen LogP contribution in [0.1, 0.15) is 13.3 Å². The zero-order valence-electron chi connectivity index (χ0n) is 7.51. The van der Waals surface area contributed by atoms with Crippen LogP contribution in [0.2, 0.25) is 0 Å². The Morgan fingerprint density at radius 3 is 2.73 bits per heavy atom. The Kier molecular flexibility index (Phi) is 2.52. The second kappa shape index (κ2) is 3.09. The van der Waals surface area contributed by atoms with Crippen molar-refractivity contribution >= 4 is 0 Å². The summed E-state index contributed by atoms with van der Waals surface area (Å²) >= 11 is 0. The molecule has 1 rings (SSSR count). The quantitative estimate of drug-likeness (QED) is 0.545. The zero-order chi connectivity index (χ0) is 8.48. The van der Waals surface area contributed by atoms with E-state index in [2.05, 4.69) is 18.9 Å². The highest BCUT2D eigenvalue weighted by Crippen LogP contribution is 2.22. The third-order valence-corrected chi connectivity index (χ3v) is 2.69. The van der Waals surface area contributed by atoms with E-state index in [1.54, 1.807) is 0 Å². The van der Waals surface area contributed by atoms with Gasteiger partial charge in [0.1, 0.15) is 0 Å². The highest BCUT2D eigenvalue weighted by atomic mass is 15.1. The van der Waals surface area contributed by atoms with Crippen LogP contribution in [0.15, 0.2) is 0 Å². The summed E-state index contributed by atoms with van der Waals surface area (Å²) in [4.78, 5) is 2.27. The second-order valence-corrected chi connectivity index (χ2v) is 3.96. The van der Waals surface area contributed by atoms with Crippen molar-refractivity contribution in [2.45, 2.75) is 18.9 Å². The van der Waals surface area contributed by atoms with E-state index >= 15 is 0 Å². The van der Waals surface area contributed by atoms with E-state index < -0.39 is 0 Å². The predicted octanol–water partition coefficient (Wildman–Crippen LogP) is -0.386. The van der Waals surface area contributed by atoms with Gasteiger partial charge in [0.2, 0.25) is 0 Å². The summed E-state index contributed by atoms with van der Waals surface area (Å²) < 4.78 is 0. The summed E-state index contributed by atoms with van der Waals surface area (Å²) in [5.74, 6) is 0.499. The van der Waals surface area contributed by atoms with E-state index in [0.29, 0.717) is 5.92 Å². The van der Waals surface area contributed by atoms with Crippen LogP contribution in [0, 0.1) is 5.92 Å². The molecule has 11 heavy (non-hydrogen) atoms. The molecule has 0 radical (unpaired) electrons. The predicted molar refractivity (Wildman–Crippen MR) is 47.3 cm³/mol. The molecule has 1 heterocycles. The lowest BCUT2D eigenvalue weighted by Gasteiger charge is -2.42. The SMILES string of the molecule is CN1CCC(CN)C(C)(N)C1. The average molecular weight is 157 g/mol. The van der Waals surface area contributed by atoms with Gasteiger partial charge in [0, 0.05) is 12.1 Å². The topological polar surface area (TPSA) is 55.3 Å². The van der Waals surface area contributed by atoms with Gasteiger partial charge in [-0.2, -0.15) is 0 Å². The van der Waals surface area contributed by atoms with Crippen molar-refractivity contribution in [3.8, 4) is 0 Å². The Hall–Kier alpha value is -0.120. The molecule has 1 aliphatic rings. The summed E-state index contributed by atoms with van der Waals surface area (Å²) in [6.07, 6.45) is 1.14. The van der Waals surface area contributed by atoms with Gasteiger partial charge in [0.15, 0.2) is 0 Å². The Morgan fingerprint density at radius 2 is 2.27 bits per heavy atom. The molecular weight excluding hydrogens is 138 g/mol. The van der Waals surface area contributed by atoms with Crippen LogP contribution in [0.5, 0.6) is 0 Å². The number of piperidine rings is 1. The van der Waals surface area contributed by atoms with Crippen molar-refractivity contribution in [3.05, 3.63) is 0 Å². The molecule has 3 nitrogen and oxygen atoms in total. The van der Waals surface area contributed by atoms with Crippen molar-refractivity contribution in [1.29, 1.82) is 0 Å². The summed E-state index contributed by atoms with van der Waals surface area (Å²) in [6, 6.07) is 0. The molecule has 0 aromatic heterocycles. The molecule has 1 fully saturated rings. The molecule has 2 unspecified atom stereocenters. The Morgan fingerprint density at radius 1 is 1.64 bits per heavy atom. The fraction of sp³-hybridized carbons (Fsp3) is 1.00. The van der Waals surface area contributed by atoms with E-state index in [9.17, 15) is 0 Å². The van der Waals surface area contributed by atoms with E-state index in [-0.39, 0.29) is 5.54 Å². The fourth-order valence-electron chi connectivity index (χ4n) is 1.88. The molecule has 0 bridgehead atoms. The first-order chi connectivity index (χ1) is 5.06. The second-order valence-electron chi connectivity index (χ2n) is 3.96. The van der Waals surface area contributed by atoms with E-state index in [1.807, 2.05) is 0 Å². The molecule has 0 amide bonds. The minimum atomic E-state index is -0.0816. The van der Waals surface area contributed by atoms with Crippen LogP contribution in [0.25, 0.3) is 0 Å². The van der Waals surface area contributed by atoms with Crippen molar-refractivity contribution in [2.24, 2.45) is 17.4 Å². The van der Waals surface area contributed by atoms with Crippen LogP contribution in [0.3, 0.4) is 0 Å². The van der Waals surface area contributed by atoms with Crippen molar-refractivity contribution in [1.82, 2.24) is 4.90 Å². The summed E-state index contributed by atoms with van der Waals surface area (Å²) in [6.45, 7) is 4.92. The summed E-state index contributed by atoms with van der Waals surface area (Å²) in [5.41, 5.74) is 11.6. The molecule has 0 aromatic rings. The van der Waals surface area contributed by atoms with Crippen molar-refractivity contribution in [3.63, 3.8) is 0 Å². The first-order valence-corrected chi connectivity index (χ1v) is 4.24. The lowest BCUT2D eigenvalue weighted by atomic mass is 9.81. The third kappa shape index (κ3) is 1.92. The molecular formula is C8H19N3. The highest BCUT2D eigenvalue weighted by Gasteiger charge is 2.33. The first kappa shape index (κ1) is 8.97. The van der Waals surface area contributed by atoms with E-state index in [4.69, 9.17) is 11.5 Å². The Bertz CT molecular complexity index is 133. The molecule has 3 heteroatoms. The van der Waals surface area contributed by atoms with Crippen LogP contribution in [-0.4, -0.2) is 37.1 Å². The Balaban J connectivity index is 2.56. The van der Waals surface area contributed by atoms with Gasteiger partial charge >= 0.3 is 0 Å². The van der Waals surface area contributed by atoms with Gasteiger partial charge in [-0.05, 0) is 39.4 Å². The lowest BCUT2D eigenvalue weighted by molar-refractivity contribution is 0.129. The number of likely N-dealkylation sites (N-methyl/N-ethyl adjacent to an activating group) is 1.